The highest BCUT2D eigenvalue weighted by Gasteiger charge is 2.03. The molecular weight excluding hydrogens is 279 g/mol. The minimum Gasteiger partial charge on any atom is -0.427 e. The molecule has 0 fully saturated rings. The van der Waals surface area contributed by atoms with Gasteiger partial charge in [-0.05, 0) is 37.1 Å². The third-order valence-electron chi connectivity index (χ3n) is 1.81. The summed E-state index contributed by atoms with van der Waals surface area (Å²) in [5, 5.41) is 0. The molecule has 0 saturated carbocycles. The summed E-state index contributed by atoms with van der Waals surface area (Å²) in [7, 11) is 0. The van der Waals surface area contributed by atoms with Crippen LogP contribution in [0, 0.1) is 0 Å². The van der Waals surface area contributed by atoms with Crippen LogP contribution in [0.25, 0.3) is 0 Å². The molecule has 0 saturated heterocycles. The molecule has 4 heteroatoms. The van der Waals surface area contributed by atoms with Crippen molar-refractivity contribution in [3.8, 4) is 5.75 Å². The van der Waals surface area contributed by atoms with Crippen LogP contribution < -0.4 is 4.74 Å². The van der Waals surface area contributed by atoms with Crippen LogP contribution in [0.5, 0.6) is 5.75 Å². The summed E-state index contributed by atoms with van der Waals surface area (Å²) < 4.78 is 6.08. The SMILES string of the molecule is O=C(CCCCCl)Oc1ccc(Br)cc1. The predicted molar refractivity (Wildman–Crippen MR) is 64.3 cm³/mol. The van der Waals surface area contributed by atoms with Crippen LogP contribution in [-0.4, -0.2) is 11.8 Å². The van der Waals surface area contributed by atoms with Crippen LogP contribution in [0.1, 0.15) is 19.3 Å². The van der Waals surface area contributed by atoms with Crippen molar-refractivity contribution in [2.75, 3.05) is 5.88 Å². The molecule has 2 nitrogen and oxygen atoms in total. The summed E-state index contributed by atoms with van der Waals surface area (Å²) in [6, 6.07) is 7.18. The molecule has 0 aliphatic heterocycles. The number of hydrogen-bond acceptors (Lipinski definition) is 2. The fourth-order valence-corrected chi connectivity index (χ4v) is 1.50. The number of unbranched alkanes of at least 4 members (excludes halogenated alkanes) is 1. The van der Waals surface area contributed by atoms with Crippen molar-refractivity contribution in [2.45, 2.75) is 19.3 Å². The molecule has 0 spiro atoms. The molecule has 0 amide bonds. The molecule has 0 aromatic heterocycles. The average Bonchev–Trinajstić information content (AvgIpc) is 2.22. The van der Waals surface area contributed by atoms with E-state index in [9.17, 15) is 4.79 Å². The normalized spacial score (nSPS) is 10.0. The van der Waals surface area contributed by atoms with Gasteiger partial charge in [-0.15, -0.1) is 11.6 Å². The number of rotatable bonds is 5. The molecule has 0 atom stereocenters. The van der Waals surface area contributed by atoms with Crippen LogP contribution in [0.3, 0.4) is 0 Å². The van der Waals surface area contributed by atoms with E-state index in [-0.39, 0.29) is 5.97 Å². The van der Waals surface area contributed by atoms with Gasteiger partial charge in [0.2, 0.25) is 0 Å². The lowest BCUT2D eigenvalue weighted by atomic mass is 10.2. The lowest BCUT2D eigenvalue weighted by molar-refractivity contribution is -0.134. The van der Waals surface area contributed by atoms with Crippen molar-refractivity contribution in [3.05, 3.63) is 28.7 Å². The first-order chi connectivity index (χ1) is 7.22. The lowest BCUT2D eigenvalue weighted by Crippen LogP contribution is -2.07. The minimum absolute atomic E-state index is 0.206. The van der Waals surface area contributed by atoms with Crippen molar-refractivity contribution >= 4 is 33.5 Å². The Morgan fingerprint density at radius 1 is 1.27 bits per heavy atom. The van der Waals surface area contributed by atoms with Crippen LogP contribution in [-0.2, 0) is 4.79 Å². The van der Waals surface area contributed by atoms with Crippen LogP contribution in [0.4, 0.5) is 0 Å². The number of benzene rings is 1. The molecule has 1 aromatic carbocycles. The number of carbonyl (C=O) groups excluding carboxylic acids is 1. The molecule has 1 rings (SSSR count). The third-order valence-corrected chi connectivity index (χ3v) is 2.61. The molecule has 82 valence electrons. The van der Waals surface area contributed by atoms with Crippen molar-refractivity contribution in [1.29, 1.82) is 0 Å². The zero-order chi connectivity index (χ0) is 11.1. The highest BCUT2D eigenvalue weighted by Crippen LogP contribution is 2.16. The highest BCUT2D eigenvalue weighted by molar-refractivity contribution is 9.10. The fraction of sp³-hybridized carbons (Fsp3) is 0.364. The van der Waals surface area contributed by atoms with E-state index < -0.39 is 0 Å². The first-order valence-electron chi connectivity index (χ1n) is 4.74. The minimum atomic E-state index is -0.206. The van der Waals surface area contributed by atoms with E-state index in [4.69, 9.17) is 16.3 Å². The number of ether oxygens (including phenoxy) is 1. The number of hydrogen-bond donors (Lipinski definition) is 0. The molecular formula is C11H12BrClO2. The van der Waals surface area contributed by atoms with Crippen LogP contribution in [0.2, 0.25) is 0 Å². The number of esters is 1. The van der Waals surface area contributed by atoms with Gasteiger partial charge in [-0.25, -0.2) is 0 Å². The Morgan fingerprint density at radius 2 is 1.93 bits per heavy atom. The summed E-state index contributed by atoms with van der Waals surface area (Å²) in [6.45, 7) is 0. The summed E-state index contributed by atoms with van der Waals surface area (Å²) in [6.07, 6.45) is 2.04. The topological polar surface area (TPSA) is 26.3 Å². The molecule has 0 bridgehead atoms. The number of carbonyl (C=O) groups is 1. The van der Waals surface area contributed by atoms with Crippen molar-refractivity contribution in [1.82, 2.24) is 0 Å². The van der Waals surface area contributed by atoms with Gasteiger partial charge >= 0.3 is 5.97 Å². The van der Waals surface area contributed by atoms with Gasteiger partial charge < -0.3 is 4.74 Å². The summed E-state index contributed by atoms with van der Waals surface area (Å²) in [5.41, 5.74) is 0. The third kappa shape index (κ3) is 5.19. The van der Waals surface area contributed by atoms with Crippen molar-refractivity contribution in [2.24, 2.45) is 0 Å². The Bertz CT molecular complexity index is 311. The van der Waals surface area contributed by atoms with E-state index in [0.717, 1.165) is 17.3 Å². The van der Waals surface area contributed by atoms with Gasteiger partial charge in [0.1, 0.15) is 5.75 Å². The largest absolute Gasteiger partial charge is 0.427 e. The second kappa shape index (κ2) is 6.85. The summed E-state index contributed by atoms with van der Waals surface area (Å²) in [4.78, 5) is 11.3. The van der Waals surface area contributed by atoms with Gasteiger partial charge in [-0.1, -0.05) is 15.9 Å². The summed E-state index contributed by atoms with van der Waals surface area (Å²) in [5.74, 6) is 0.961. The quantitative estimate of drug-likeness (QED) is 0.357. The fourth-order valence-electron chi connectivity index (χ4n) is 1.05. The van der Waals surface area contributed by atoms with E-state index in [1.54, 1.807) is 12.1 Å². The van der Waals surface area contributed by atoms with Crippen LogP contribution >= 0.6 is 27.5 Å². The van der Waals surface area contributed by atoms with Gasteiger partial charge in [0.15, 0.2) is 0 Å². The predicted octanol–water partition coefficient (Wildman–Crippen LogP) is 3.76. The average molecular weight is 292 g/mol. The van der Waals surface area contributed by atoms with E-state index >= 15 is 0 Å². The van der Waals surface area contributed by atoms with Gasteiger partial charge in [0.05, 0.1) is 0 Å². The maximum absolute atomic E-state index is 11.3. The smallest absolute Gasteiger partial charge is 0.311 e. The molecule has 0 unspecified atom stereocenters. The van der Waals surface area contributed by atoms with E-state index in [0.29, 0.717) is 18.1 Å². The number of alkyl halides is 1. The van der Waals surface area contributed by atoms with E-state index in [1.807, 2.05) is 12.1 Å². The van der Waals surface area contributed by atoms with E-state index in [1.165, 1.54) is 0 Å². The van der Waals surface area contributed by atoms with Gasteiger partial charge in [-0.2, -0.15) is 0 Å². The Morgan fingerprint density at radius 3 is 2.53 bits per heavy atom. The standard InChI is InChI=1S/C11H12BrClO2/c12-9-4-6-10(7-5-9)15-11(14)3-1-2-8-13/h4-7H,1-3,8H2. The van der Waals surface area contributed by atoms with Gasteiger partial charge in [0.25, 0.3) is 0 Å². The van der Waals surface area contributed by atoms with Crippen LogP contribution in [0.15, 0.2) is 28.7 Å². The number of halogens is 2. The molecule has 1 aromatic rings. The second-order valence-electron chi connectivity index (χ2n) is 3.07. The monoisotopic (exact) mass is 290 g/mol. The Hall–Kier alpha value is -0.540. The molecule has 0 aliphatic carbocycles. The molecule has 0 N–H and O–H groups in total. The zero-order valence-electron chi connectivity index (χ0n) is 8.21. The Kier molecular flexibility index (Phi) is 5.73. The molecule has 0 aliphatic rings. The zero-order valence-corrected chi connectivity index (χ0v) is 10.6. The van der Waals surface area contributed by atoms with Crippen molar-refractivity contribution in [3.63, 3.8) is 0 Å². The molecule has 0 heterocycles. The Labute approximate surface area is 103 Å². The van der Waals surface area contributed by atoms with Gasteiger partial charge in [0, 0.05) is 16.8 Å². The maximum atomic E-state index is 11.3. The van der Waals surface area contributed by atoms with Gasteiger partial charge in [-0.3, -0.25) is 4.79 Å². The lowest BCUT2D eigenvalue weighted by Gasteiger charge is -2.03. The van der Waals surface area contributed by atoms with Crippen molar-refractivity contribution < 1.29 is 9.53 Å². The highest BCUT2D eigenvalue weighted by atomic mass is 79.9. The molecule has 15 heavy (non-hydrogen) atoms. The Balaban J connectivity index is 2.34. The maximum Gasteiger partial charge on any atom is 0.311 e. The van der Waals surface area contributed by atoms with E-state index in [2.05, 4.69) is 15.9 Å². The summed E-state index contributed by atoms with van der Waals surface area (Å²) >= 11 is 8.81. The first kappa shape index (κ1) is 12.5. The second-order valence-corrected chi connectivity index (χ2v) is 4.37. The first-order valence-corrected chi connectivity index (χ1v) is 6.07. The molecule has 0 radical (unpaired) electrons.